The second kappa shape index (κ2) is 4.70. The zero-order chi connectivity index (χ0) is 8.10. The van der Waals surface area contributed by atoms with E-state index in [1.54, 1.807) is 6.20 Å². The number of thiazole rings is 1. The maximum Gasteiger partial charge on any atom is 0.183 e. The first-order valence-electron chi connectivity index (χ1n) is 3.54. The summed E-state index contributed by atoms with van der Waals surface area (Å²) in [5.74, 6) is 0. The molecule has 0 amide bonds. The summed E-state index contributed by atoms with van der Waals surface area (Å²) >= 11 is 7.14. The molecule has 0 spiro atoms. The van der Waals surface area contributed by atoms with Crippen LogP contribution < -0.4 is 0 Å². The molecule has 1 aromatic heterocycles. The minimum Gasteiger partial charge on any atom is -0.396 e. The van der Waals surface area contributed by atoms with Crippen LogP contribution in [0.3, 0.4) is 0 Å². The van der Waals surface area contributed by atoms with E-state index in [0.717, 1.165) is 19.3 Å². The Kier molecular flexibility index (Phi) is 3.83. The number of aryl methyl sites for hydroxylation is 1. The summed E-state index contributed by atoms with van der Waals surface area (Å²) < 4.78 is 0.601. The predicted molar refractivity (Wildman–Crippen MR) is 47.1 cm³/mol. The van der Waals surface area contributed by atoms with Gasteiger partial charge in [-0.05, 0) is 19.3 Å². The molecule has 1 aromatic rings. The van der Waals surface area contributed by atoms with Crippen LogP contribution in [0.15, 0.2) is 6.20 Å². The SMILES string of the molecule is OCCCCc1cnc(Cl)s1. The van der Waals surface area contributed by atoms with Gasteiger partial charge in [0.05, 0.1) is 0 Å². The van der Waals surface area contributed by atoms with E-state index < -0.39 is 0 Å². The van der Waals surface area contributed by atoms with Crippen LogP contribution in [0, 0.1) is 0 Å². The highest BCUT2D eigenvalue weighted by molar-refractivity contribution is 7.15. The topological polar surface area (TPSA) is 33.1 Å². The molecule has 11 heavy (non-hydrogen) atoms. The number of nitrogens with zero attached hydrogens (tertiary/aromatic N) is 1. The fourth-order valence-electron chi connectivity index (χ4n) is 0.810. The highest BCUT2D eigenvalue weighted by atomic mass is 35.5. The van der Waals surface area contributed by atoms with Gasteiger partial charge in [-0.15, -0.1) is 11.3 Å². The summed E-state index contributed by atoms with van der Waals surface area (Å²) in [7, 11) is 0. The highest BCUT2D eigenvalue weighted by Crippen LogP contribution is 2.19. The van der Waals surface area contributed by atoms with E-state index in [4.69, 9.17) is 16.7 Å². The van der Waals surface area contributed by atoms with Gasteiger partial charge >= 0.3 is 0 Å². The molecule has 1 N–H and O–H groups in total. The van der Waals surface area contributed by atoms with Crippen LogP contribution in [0.2, 0.25) is 4.47 Å². The number of aliphatic hydroxyl groups excluding tert-OH is 1. The molecule has 1 heterocycles. The number of hydrogen-bond acceptors (Lipinski definition) is 3. The monoisotopic (exact) mass is 191 g/mol. The number of halogens is 1. The molecule has 0 radical (unpaired) electrons. The first kappa shape index (κ1) is 8.97. The van der Waals surface area contributed by atoms with E-state index in [2.05, 4.69) is 4.98 Å². The van der Waals surface area contributed by atoms with Gasteiger partial charge in [0.1, 0.15) is 0 Å². The van der Waals surface area contributed by atoms with Crippen molar-refractivity contribution in [3.63, 3.8) is 0 Å². The van der Waals surface area contributed by atoms with Gasteiger partial charge in [-0.1, -0.05) is 11.6 Å². The maximum atomic E-state index is 8.51. The molecule has 0 atom stereocenters. The standard InChI is InChI=1S/C7H10ClNOS/c8-7-9-5-6(11-7)3-1-2-4-10/h5,10H,1-4H2. The van der Waals surface area contributed by atoms with Crippen LogP contribution in [0.4, 0.5) is 0 Å². The highest BCUT2D eigenvalue weighted by Gasteiger charge is 1.97. The van der Waals surface area contributed by atoms with E-state index in [9.17, 15) is 0 Å². The molecule has 0 aromatic carbocycles. The second-order valence-electron chi connectivity index (χ2n) is 2.26. The Bertz CT molecular complexity index is 214. The predicted octanol–water partition coefficient (Wildman–Crippen LogP) is 2.11. The lowest BCUT2D eigenvalue weighted by molar-refractivity contribution is 0.285. The molecule has 4 heteroatoms. The van der Waals surface area contributed by atoms with E-state index in [-0.39, 0.29) is 6.61 Å². The first-order chi connectivity index (χ1) is 5.33. The van der Waals surface area contributed by atoms with Crippen LogP contribution in [0.5, 0.6) is 0 Å². The Morgan fingerprint density at radius 1 is 1.55 bits per heavy atom. The average molecular weight is 192 g/mol. The second-order valence-corrected chi connectivity index (χ2v) is 3.96. The van der Waals surface area contributed by atoms with Crippen molar-refractivity contribution in [2.24, 2.45) is 0 Å². The molecule has 0 aliphatic rings. The van der Waals surface area contributed by atoms with Crippen LogP contribution in [-0.4, -0.2) is 16.7 Å². The summed E-state index contributed by atoms with van der Waals surface area (Å²) in [5, 5.41) is 8.51. The normalized spacial score (nSPS) is 10.4. The van der Waals surface area contributed by atoms with Gasteiger partial charge in [0.2, 0.25) is 0 Å². The quantitative estimate of drug-likeness (QED) is 0.740. The van der Waals surface area contributed by atoms with E-state index in [0.29, 0.717) is 4.47 Å². The average Bonchev–Trinajstić information content (AvgIpc) is 2.37. The van der Waals surface area contributed by atoms with Crippen molar-refractivity contribution in [2.75, 3.05) is 6.61 Å². The molecular weight excluding hydrogens is 182 g/mol. The third-order valence-corrected chi connectivity index (χ3v) is 2.53. The minimum atomic E-state index is 0.270. The smallest absolute Gasteiger partial charge is 0.183 e. The lowest BCUT2D eigenvalue weighted by Crippen LogP contribution is -1.85. The molecule has 0 fully saturated rings. The van der Waals surface area contributed by atoms with Crippen LogP contribution in [-0.2, 0) is 6.42 Å². The largest absolute Gasteiger partial charge is 0.396 e. The number of aliphatic hydroxyl groups is 1. The van der Waals surface area contributed by atoms with Crippen molar-refractivity contribution in [3.8, 4) is 0 Å². The molecule has 62 valence electrons. The van der Waals surface area contributed by atoms with E-state index >= 15 is 0 Å². The Morgan fingerprint density at radius 2 is 2.36 bits per heavy atom. The van der Waals surface area contributed by atoms with Crippen LogP contribution in [0.1, 0.15) is 17.7 Å². The van der Waals surface area contributed by atoms with Crippen LogP contribution >= 0.6 is 22.9 Å². The number of hydrogen-bond donors (Lipinski definition) is 1. The third-order valence-electron chi connectivity index (χ3n) is 1.36. The first-order valence-corrected chi connectivity index (χ1v) is 4.73. The van der Waals surface area contributed by atoms with Gasteiger partial charge in [0.25, 0.3) is 0 Å². The van der Waals surface area contributed by atoms with Crippen molar-refractivity contribution in [3.05, 3.63) is 15.5 Å². The molecule has 0 saturated carbocycles. The molecule has 0 bridgehead atoms. The van der Waals surface area contributed by atoms with Crippen molar-refractivity contribution in [1.29, 1.82) is 0 Å². The number of aromatic nitrogens is 1. The molecule has 0 aliphatic heterocycles. The van der Waals surface area contributed by atoms with E-state index in [1.165, 1.54) is 16.2 Å². The molecule has 0 saturated heterocycles. The van der Waals surface area contributed by atoms with Crippen molar-refractivity contribution >= 4 is 22.9 Å². The Morgan fingerprint density at radius 3 is 2.91 bits per heavy atom. The zero-order valence-corrected chi connectivity index (χ0v) is 7.66. The molecule has 0 aliphatic carbocycles. The summed E-state index contributed by atoms with van der Waals surface area (Å²) in [6.07, 6.45) is 4.64. The summed E-state index contributed by atoms with van der Waals surface area (Å²) in [5.41, 5.74) is 0. The van der Waals surface area contributed by atoms with Crippen molar-refractivity contribution < 1.29 is 5.11 Å². The zero-order valence-electron chi connectivity index (χ0n) is 6.09. The van der Waals surface area contributed by atoms with Gasteiger partial charge in [-0.3, -0.25) is 0 Å². The summed E-state index contributed by atoms with van der Waals surface area (Å²) in [4.78, 5) is 5.11. The van der Waals surface area contributed by atoms with Crippen molar-refractivity contribution in [1.82, 2.24) is 4.98 Å². The number of rotatable bonds is 4. The minimum absolute atomic E-state index is 0.270. The maximum absolute atomic E-state index is 8.51. The lowest BCUT2D eigenvalue weighted by atomic mass is 10.2. The van der Waals surface area contributed by atoms with Gasteiger partial charge in [-0.2, -0.15) is 0 Å². The van der Waals surface area contributed by atoms with E-state index in [1.807, 2.05) is 0 Å². The van der Waals surface area contributed by atoms with Crippen LogP contribution in [0.25, 0.3) is 0 Å². The number of unbranched alkanes of at least 4 members (excludes halogenated alkanes) is 1. The molecule has 0 unspecified atom stereocenters. The van der Waals surface area contributed by atoms with Gasteiger partial charge in [0, 0.05) is 17.7 Å². The Hall–Kier alpha value is -0.120. The summed E-state index contributed by atoms with van der Waals surface area (Å²) in [6.45, 7) is 0.270. The van der Waals surface area contributed by atoms with Gasteiger partial charge in [-0.25, -0.2) is 4.98 Å². The Balaban J connectivity index is 2.27. The fourth-order valence-corrected chi connectivity index (χ4v) is 1.83. The van der Waals surface area contributed by atoms with Crippen molar-refractivity contribution in [2.45, 2.75) is 19.3 Å². The van der Waals surface area contributed by atoms with Gasteiger partial charge in [0.15, 0.2) is 4.47 Å². The molecule has 2 nitrogen and oxygen atoms in total. The fraction of sp³-hybridized carbons (Fsp3) is 0.571. The lowest BCUT2D eigenvalue weighted by Gasteiger charge is -1.92. The molecular formula is C7H10ClNOS. The Labute approximate surface area is 74.8 Å². The van der Waals surface area contributed by atoms with Gasteiger partial charge < -0.3 is 5.11 Å². The summed E-state index contributed by atoms with van der Waals surface area (Å²) in [6, 6.07) is 0. The third kappa shape index (κ3) is 3.18. The molecule has 1 rings (SSSR count).